The van der Waals surface area contributed by atoms with E-state index in [4.69, 9.17) is 9.84 Å². The van der Waals surface area contributed by atoms with Gasteiger partial charge < -0.3 is 14.7 Å². The van der Waals surface area contributed by atoms with E-state index < -0.39 is 6.09 Å². The fourth-order valence-corrected chi connectivity index (χ4v) is 4.75. The number of nitrogens with one attached hydrogen (secondary N) is 1. The number of rotatable bonds is 5. The van der Waals surface area contributed by atoms with Crippen LogP contribution in [0.2, 0.25) is 0 Å². The third-order valence-corrected chi connectivity index (χ3v) is 6.89. The predicted octanol–water partition coefficient (Wildman–Crippen LogP) is 2.37. The van der Waals surface area contributed by atoms with E-state index in [0.29, 0.717) is 38.1 Å². The molecular formula is C22H30N4O5. The summed E-state index contributed by atoms with van der Waals surface area (Å²) in [6.07, 6.45) is 3.69. The van der Waals surface area contributed by atoms with E-state index in [0.717, 1.165) is 56.8 Å². The predicted molar refractivity (Wildman–Crippen MR) is 114 cm³/mol. The maximum Gasteiger partial charge on any atom is 0.407 e. The first kappa shape index (κ1) is 21.4. The highest BCUT2D eigenvalue weighted by Crippen LogP contribution is 2.41. The summed E-state index contributed by atoms with van der Waals surface area (Å²) < 4.78 is 5.89. The molecule has 4 rings (SSSR count). The number of anilines is 1. The molecule has 3 saturated heterocycles. The monoisotopic (exact) mass is 430 g/mol. The first-order chi connectivity index (χ1) is 14.9. The van der Waals surface area contributed by atoms with Crippen LogP contribution in [0.3, 0.4) is 0 Å². The van der Waals surface area contributed by atoms with Crippen molar-refractivity contribution in [2.45, 2.75) is 32.1 Å². The zero-order chi connectivity index (χ0) is 21.8. The van der Waals surface area contributed by atoms with Gasteiger partial charge >= 0.3 is 12.1 Å². The number of nitrogens with zero attached hydrogens (tertiary/aromatic N) is 3. The van der Waals surface area contributed by atoms with E-state index in [-0.39, 0.29) is 11.9 Å². The van der Waals surface area contributed by atoms with Gasteiger partial charge in [0, 0.05) is 38.3 Å². The van der Waals surface area contributed by atoms with Crippen molar-refractivity contribution >= 4 is 23.7 Å². The van der Waals surface area contributed by atoms with Crippen LogP contribution in [0, 0.1) is 5.41 Å². The number of amides is 4. The number of piperidine rings is 2. The second-order valence-electron chi connectivity index (χ2n) is 8.71. The maximum atomic E-state index is 11.9. The van der Waals surface area contributed by atoms with Crippen molar-refractivity contribution in [2.75, 3.05) is 50.8 Å². The van der Waals surface area contributed by atoms with Crippen LogP contribution in [-0.4, -0.2) is 78.8 Å². The smallest absolute Gasteiger partial charge is 0.407 e. The minimum absolute atomic E-state index is 0.240. The van der Waals surface area contributed by atoms with Gasteiger partial charge in [0.1, 0.15) is 12.4 Å². The number of carboxylic acid groups (broad SMARTS) is 1. The fourth-order valence-electron chi connectivity index (χ4n) is 4.75. The van der Waals surface area contributed by atoms with Crippen molar-refractivity contribution < 1.29 is 24.2 Å². The molecule has 31 heavy (non-hydrogen) atoms. The third kappa shape index (κ3) is 5.10. The van der Waals surface area contributed by atoms with Crippen LogP contribution in [0.25, 0.3) is 0 Å². The number of imide groups is 1. The lowest BCUT2D eigenvalue weighted by Gasteiger charge is -2.46. The van der Waals surface area contributed by atoms with E-state index in [1.165, 1.54) is 4.90 Å². The topological polar surface area (TPSA) is 102 Å². The molecule has 0 unspecified atom stereocenters. The lowest BCUT2D eigenvalue weighted by atomic mass is 9.71. The molecule has 3 aliphatic heterocycles. The minimum atomic E-state index is -0.799. The van der Waals surface area contributed by atoms with E-state index >= 15 is 0 Å². The third-order valence-electron chi connectivity index (χ3n) is 6.89. The Morgan fingerprint density at radius 3 is 2.26 bits per heavy atom. The van der Waals surface area contributed by atoms with Crippen molar-refractivity contribution in [3.05, 3.63) is 24.3 Å². The molecule has 0 bridgehead atoms. The van der Waals surface area contributed by atoms with Crippen LogP contribution in [0.1, 0.15) is 32.1 Å². The molecule has 9 heteroatoms. The molecular weight excluding hydrogens is 400 g/mol. The normalized spacial score (nSPS) is 21.8. The lowest BCUT2D eigenvalue weighted by Crippen LogP contribution is -2.49. The number of benzene rings is 1. The molecule has 3 aliphatic rings. The molecule has 4 amide bonds. The molecule has 2 N–H and O–H groups in total. The van der Waals surface area contributed by atoms with Crippen molar-refractivity contribution in [3.8, 4) is 5.75 Å². The van der Waals surface area contributed by atoms with Gasteiger partial charge in [0.2, 0.25) is 5.91 Å². The Labute approximate surface area is 181 Å². The summed E-state index contributed by atoms with van der Waals surface area (Å²) in [7, 11) is 0. The molecule has 3 fully saturated rings. The molecule has 3 heterocycles. The largest absolute Gasteiger partial charge is 0.492 e. The average molecular weight is 431 g/mol. The van der Waals surface area contributed by atoms with Gasteiger partial charge in [0.05, 0.1) is 0 Å². The van der Waals surface area contributed by atoms with Crippen LogP contribution in [0.15, 0.2) is 24.3 Å². The van der Waals surface area contributed by atoms with Gasteiger partial charge in [-0.3, -0.25) is 19.9 Å². The average Bonchev–Trinajstić information content (AvgIpc) is 2.76. The van der Waals surface area contributed by atoms with Crippen molar-refractivity contribution in [1.29, 1.82) is 0 Å². The molecule has 168 valence electrons. The van der Waals surface area contributed by atoms with E-state index in [1.54, 1.807) is 4.90 Å². The molecule has 0 radical (unpaired) electrons. The first-order valence-electron chi connectivity index (χ1n) is 11.0. The van der Waals surface area contributed by atoms with Gasteiger partial charge in [-0.25, -0.2) is 9.59 Å². The number of ether oxygens (including phenoxy) is 1. The molecule has 1 aromatic rings. The standard InChI is InChI=1S/C22H30N4O5/c27-19-5-10-26(20(28)23-19)17-1-3-18(4-2-17)31-16-15-24-11-6-22(7-12-24)8-13-25(14-9-22)21(29)30/h1-4H,5-16H2,(H,29,30)(H,23,27,28). The molecule has 0 aromatic heterocycles. The van der Waals surface area contributed by atoms with Crippen molar-refractivity contribution in [1.82, 2.24) is 15.1 Å². The zero-order valence-corrected chi connectivity index (χ0v) is 17.7. The zero-order valence-electron chi connectivity index (χ0n) is 17.7. The number of hydrogen-bond acceptors (Lipinski definition) is 5. The van der Waals surface area contributed by atoms with Crippen LogP contribution in [0.5, 0.6) is 5.75 Å². The molecule has 0 atom stereocenters. The van der Waals surface area contributed by atoms with Crippen molar-refractivity contribution in [2.24, 2.45) is 5.41 Å². The molecule has 0 saturated carbocycles. The van der Waals surface area contributed by atoms with Gasteiger partial charge in [-0.2, -0.15) is 0 Å². The van der Waals surface area contributed by atoms with Gasteiger partial charge in [-0.15, -0.1) is 0 Å². The van der Waals surface area contributed by atoms with Crippen molar-refractivity contribution in [3.63, 3.8) is 0 Å². The fraction of sp³-hybridized carbons (Fsp3) is 0.591. The van der Waals surface area contributed by atoms with Crippen LogP contribution in [0.4, 0.5) is 15.3 Å². The summed E-state index contributed by atoms with van der Waals surface area (Å²) in [6.45, 7) is 5.20. The Hall–Kier alpha value is -2.81. The lowest BCUT2D eigenvalue weighted by molar-refractivity contribution is -0.120. The summed E-state index contributed by atoms with van der Waals surface area (Å²) in [5.74, 6) is 0.516. The first-order valence-corrected chi connectivity index (χ1v) is 11.0. The number of carbonyl (C=O) groups excluding carboxylic acids is 2. The van der Waals surface area contributed by atoms with E-state index in [1.807, 2.05) is 24.3 Å². The molecule has 9 nitrogen and oxygen atoms in total. The Morgan fingerprint density at radius 2 is 1.65 bits per heavy atom. The van der Waals surface area contributed by atoms with Crippen LogP contribution >= 0.6 is 0 Å². The quantitative estimate of drug-likeness (QED) is 0.744. The number of carbonyl (C=O) groups is 3. The highest BCUT2D eigenvalue weighted by molar-refractivity contribution is 6.05. The summed E-state index contributed by atoms with van der Waals surface area (Å²) in [6, 6.07) is 6.97. The SMILES string of the molecule is O=C1CCN(c2ccc(OCCN3CCC4(CC3)CCN(C(=O)O)CC4)cc2)C(=O)N1. The Balaban J connectivity index is 1.18. The molecule has 1 aromatic carbocycles. The van der Waals surface area contributed by atoms with Gasteiger partial charge in [-0.1, -0.05) is 0 Å². The van der Waals surface area contributed by atoms with Crippen LogP contribution < -0.4 is 15.0 Å². The van der Waals surface area contributed by atoms with Crippen LogP contribution in [-0.2, 0) is 4.79 Å². The summed E-state index contributed by atoms with van der Waals surface area (Å²) in [5, 5.41) is 11.5. The number of hydrogen-bond donors (Lipinski definition) is 2. The summed E-state index contributed by atoms with van der Waals surface area (Å²) >= 11 is 0. The Morgan fingerprint density at radius 1 is 1.00 bits per heavy atom. The minimum Gasteiger partial charge on any atom is -0.492 e. The summed E-state index contributed by atoms with van der Waals surface area (Å²) in [5.41, 5.74) is 1.05. The van der Waals surface area contributed by atoms with Gasteiger partial charge in [0.25, 0.3) is 0 Å². The Bertz CT molecular complexity index is 810. The molecule has 1 spiro atoms. The second-order valence-corrected chi connectivity index (χ2v) is 8.71. The Kier molecular flexibility index (Phi) is 6.31. The van der Waals surface area contributed by atoms with Gasteiger partial charge in [-0.05, 0) is 68.5 Å². The molecule has 0 aliphatic carbocycles. The summed E-state index contributed by atoms with van der Waals surface area (Å²) in [4.78, 5) is 39.8. The van der Waals surface area contributed by atoms with E-state index in [2.05, 4.69) is 10.2 Å². The second kappa shape index (κ2) is 9.13. The number of urea groups is 1. The maximum absolute atomic E-state index is 11.9. The van der Waals surface area contributed by atoms with Gasteiger partial charge in [0.15, 0.2) is 0 Å². The highest BCUT2D eigenvalue weighted by Gasteiger charge is 2.38. The highest BCUT2D eigenvalue weighted by atomic mass is 16.5. The van der Waals surface area contributed by atoms with E-state index in [9.17, 15) is 14.4 Å². The number of likely N-dealkylation sites (tertiary alicyclic amines) is 2.